The molecule has 0 unspecified atom stereocenters. The first-order valence-electron chi connectivity index (χ1n) is 3.50. The predicted octanol–water partition coefficient (Wildman–Crippen LogP) is 1.41. The molecule has 0 aliphatic rings. The molecule has 0 atom stereocenters. The Morgan fingerprint density at radius 2 is 1.92 bits per heavy atom. The van der Waals surface area contributed by atoms with Crippen LogP contribution in [0.15, 0.2) is 42.3 Å². The van der Waals surface area contributed by atoms with Crippen LogP contribution in [0.4, 0.5) is 0 Å². The van der Waals surface area contributed by atoms with Gasteiger partial charge in [0, 0.05) is 6.08 Å². The largest absolute Gasteiger partial charge is 0.495 e. The van der Waals surface area contributed by atoms with Gasteiger partial charge in [-0.15, -0.1) is 0 Å². The van der Waals surface area contributed by atoms with Crippen molar-refractivity contribution in [3.8, 4) is 0 Å². The first-order valence-corrected chi connectivity index (χ1v) is 3.50. The van der Waals surface area contributed by atoms with E-state index in [-0.39, 0.29) is 11.6 Å². The van der Waals surface area contributed by atoms with E-state index < -0.39 is 0 Å². The Balaban J connectivity index is 2.87. The fourth-order valence-corrected chi connectivity index (χ4v) is 0.849. The molecule has 0 saturated carbocycles. The van der Waals surface area contributed by atoms with Crippen LogP contribution in [0, 0.1) is 5.41 Å². The quantitative estimate of drug-likeness (QED) is 0.454. The molecule has 0 amide bonds. The van der Waals surface area contributed by atoms with Gasteiger partial charge in [0.05, 0.1) is 5.71 Å². The van der Waals surface area contributed by atoms with Crippen LogP contribution in [-0.2, 0) is 0 Å². The first kappa shape index (κ1) is 8.33. The minimum atomic E-state index is -0.344. The third-order valence-electron chi connectivity index (χ3n) is 1.38. The van der Waals surface area contributed by atoms with Crippen LogP contribution >= 0.6 is 0 Å². The van der Waals surface area contributed by atoms with E-state index in [9.17, 15) is 0 Å². The second-order valence-electron chi connectivity index (χ2n) is 2.35. The number of nitrogens with two attached hydrogens (primary N) is 1. The van der Waals surface area contributed by atoms with E-state index in [2.05, 4.69) is 0 Å². The monoisotopic (exact) mass is 162 g/mol. The molecule has 1 rings (SSSR count). The average molecular weight is 162 g/mol. The highest BCUT2D eigenvalue weighted by molar-refractivity contribution is 6.06. The molecule has 0 bridgehead atoms. The Morgan fingerprint density at radius 3 is 2.42 bits per heavy atom. The zero-order valence-corrected chi connectivity index (χ0v) is 6.49. The van der Waals surface area contributed by atoms with Crippen LogP contribution in [-0.4, -0.2) is 10.8 Å². The molecule has 12 heavy (non-hydrogen) atoms. The number of hydrogen-bond donors (Lipinski definition) is 3. The van der Waals surface area contributed by atoms with Crippen LogP contribution in [0.3, 0.4) is 0 Å². The highest BCUT2D eigenvalue weighted by Crippen LogP contribution is 2.00. The van der Waals surface area contributed by atoms with E-state index in [1.54, 1.807) is 12.1 Å². The van der Waals surface area contributed by atoms with Gasteiger partial charge in [0.2, 0.25) is 0 Å². The Kier molecular flexibility index (Phi) is 2.48. The van der Waals surface area contributed by atoms with E-state index in [0.717, 1.165) is 5.56 Å². The molecular weight excluding hydrogens is 152 g/mol. The summed E-state index contributed by atoms with van der Waals surface area (Å²) in [6, 6.07) is 9.07. The lowest BCUT2D eigenvalue weighted by molar-refractivity contribution is 0.406. The van der Waals surface area contributed by atoms with Crippen molar-refractivity contribution in [3.05, 3.63) is 47.9 Å². The number of aliphatic hydroxyl groups excluding tert-OH is 1. The lowest BCUT2D eigenvalue weighted by Crippen LogP contribution is -2.01. The summed E-state index contributed by atoms with van der Waals surface area (Å²) < 4.78 is 0. The van der Waals surface area contributed by atoms with Gasteiger partial charge in [0.25, 0.3) is 0 Å². The fourth-order valence-electron chi connectivity index (χ4n) is 0.849. The average Bonchev–Trinajstić information content (AvgIpc) is 2.05. The molecule has 0 spiro atoms. The van der Waals surface area contributed by atoms with Crippen molar-refractivity contribution >= 4 is 5.71 Å². The summed E-state index contributed by atoms with van der Waals surface area (Å²) in [5.74, 6) is -0.344. The van der Waals surface area contributed by atoms with E-state index in [1.165, 1.54) is 6.08 Å². The lowest BCUT2D eigenvalue weighted by atomic mass is 10.1. The number of rotatable bonds is 2. The van der Waals surface area contributed by atoms with Crippen molar-refractivity contribution in [1.82, 2.24) is 0 Å². The lowest BCUT2D eigenvalue weighted by Gasteiger charge is -1.96. The molecular formula is C9H10N2O. The maximum Gasteiger partial charge on any atom is 0.183 e. The zero-order valence-electron chi connectivity index (χ0n) is 6.49. The number of benzene rings is 1. The first-order chi connectivity index (χ1) is 5.70. The molecule has 3 heteroatoms. The maximum absolute atomic E-state index is 8.68. The molecule has 0 aliphatic heterocycles. The Hall–Kier alpha value is -1.77. The predicted molar refractivity (Wildman–Crippen MR) is 48.2 cm³/mol. The van der Waals surface area contributed by atoms with Gasteiger partial charge in [0.15, 0.2) is 5.88 Å². The summed E-state index contributed by atoms with van der Waals surface area (Å²) in [7, 11) is 0. The summed E-state index contributed by atoms with van der Waals surface area (Å²) >= 11 is 0. The summed E-state index contributed by atoms with van der Waals surface area (Å²) in [5.41, 5.74) is 5.94. The Labute approximate surface area is 70.7 Å². The molecule has 3 nitrogen and oxygen atoms in total. The summed E-state index contributed by atoms with van der Waals surface area (Å²) in [4.78, 5) is 0. The molecule has 1 aromatic carbocycles. The van der Waals surface area contributed by atoms with E-state index in [0.29, 0.717) is 0 Å². The fraction of sp³-hybridized carbons (Fsp3) is 0. The minimum absolute atomic E-state index is 0.204. The third-order valence-corrected chi connectivity index (χ3v) is 1.38. The normalized spacial score (nSPS) is 11.2. The molecule has 62 valence electrons. The van der Waals surface area contributed by atoms with Crippen molar-refractivity contribution in [2.75, 3.05) is 0 Å². The van der Waals surface area contributed by atoms with E-state index >= 15 is 0 Å². The topological polar surface area (TPSA) is 70.1 Å². The number of nitrogens with one attached hydrogen (secondary N) is 1. The smallest absolute Gasteiger partial charge is 0.183 e. The molecule has 0 heterocycles. The Morgan fingerprint density at radius 1 is 1.33 bits per heavy atom. The molecule has 4 N–H and O–H groups in total. The van der Waals surface area contributed by atoms with Crippen molar-refractivity contribution in [2.24, 2.45) is 5.73 Å². The number of allylic oxidation sites excluding steroid dienone is 1. The van der Waals surface area contributed by atoms with Gasteiger partial charge in [-0.05, 0) is 5.56 Å². The van der Waals surface area contributed by atoms with Crippen LogP contribution in [0.5, 0.6) is 0 Å². The van der Waals surface area contributed by atoms with Crippen molar-refractivity contribution < 1.29 is 5.11 Å². The second-order valence-corrected chi connectivity index (χ2v) is 2.35. The highest BCUT2D eigenvalue weighted by atomic mass is 16.3. The molecule has 0 aliphatic carbocycles. The van der Waals surface area contributed by atoms with Gasteiger partial charge in [0.1, 0.15) is 0 Å². The summed E-state index contributed by atoms with van der Waals surface area (Å²) in [6.45, 7) is 0. The van der Waals surface area contributed by atoms with Crippen LogP contribution in [0.1, 0.15) is 5.56 Å². The third kappa shape index (κ3) is 2.12. The van der Waals surface area contributed by atoms with Gasteiger partial charge in [-0.3, -0.25) is 0 Å². The zero-order chi connectivity index (χ0) is 8.97. The number of hydrogen-bond acceptors (Lipinski definition) is 3. The van der Waals surface area contributed by atoms with Crippen molar-refractivity contribution in [3.63, 3.8) is 0 Å². The van der Waals surface area contributed by atoms with E-state index in [4.69, 9.17) is 16.2 Å². The van der Waals surface area contributed by atoms with Crippen LogP contribution < -0.4 is 5.73 Å². The number of aliphatic hydroxyl groups is 1. The molecule has 0 fully saturated rings. The summed E-state index contributed by atoms with van der Waals surface area (Å²) in [5, 5.41) is 16.1. The van der Waals surface area contributed by atoms with Gasteiger partial charge in [-0.1, -0.05) is 30.3 Å². The summed E-state index contributed by atoms with van der Waals surface area (Å²) in [6.07, 6.45) is 1.20. The molecule has 0 radical (unpaired) electrons. The van der Waals surface area contributed by atoms with Gasteiger partial charge in [-0.2, -0.15) is 0 Å². The SMILES string of the molecule is N=C(/C=C(/N)O)c1ccccc1. The van der Waals surface area contributed by atoms with Crippen molar-refractivity contribution in [1.29, 1.82) is 5.41 Å². The second kappa shape index (κ2) is 3.57. The standard InChI is InChI=1S/C9H10N2O/c10-8(6-9(11)12)7-4-2-1-3-5-7/h1-6,10,12H,11H2/b9-6-,10-8?. The van der Waals surface area contributed by atoms with Crippen molar-refractivity contribution in [2.45, 2.75) is 0 Å². The van der Waals surface area contributed by atoms with Crippen LogP contribution in [0.2, 0.25) is 0 Å². The maximum atomic E-state index is 8.68. The Bertz CT molecular complexity index is 300. The van der Waals surface area contributed by atoms with Gasteiger partial charge >= 0.3 is 0 Å². The van der Waals surface area contributed by atoms with E-state index in [1.807, 2.05) is 18.2 Å². The minimum Gasteiger partial charge on any atom is -0.495 e. The molecule has 0 saturated heterocycles. The highest BCUT2D eigenvalue weighted by Gasteiger charge is 1.96. The molecule has 1 aromatic rings. The van der Waals surface area contributed by atoms with Crippen LogP contribution in [0.25, 0.3) is 0 Å². The van der Waals surface area contributed by atoms with Gasteiger partial charge in [-0.25, -0.2) is 0 Å². The molecule has 0 aromatic heterocycles. The van der Waals surface area contributed by atoms with Gasteiger partial charge < -0.3 is 16.2 Å².